The number of amides is 2. The molecule has 0 spiro atoms. The Bertz CT molecular complexity index is 942. The summed E-state index contributed by atoms with van der Waals surface area (Å²) in [7, 11) is 0. The molecule has 0 aromatic heterocycles. The van der Waals surface area contributed by atoms with Gasteiger partial charge in [0.15, 0.2) is 0 Å². The number of hydrogen-bond donors (Lipinski definition) is 3. The van der Waals surface area contributed by atoms with Crippen LogP contribution in [-0.2, 0) is 14.3 Å². The predicted molar refractivity (Wildman–Crippen MR) is 117 cm³/mol. The van der Waals surface area contributed by atoms with Crippen LogP contribution in [0.5, 0.6) is 0 Å². The van der Waals surface area contributed by atoms with E-state index in [0.717, 1.165) is 22.3 Å². The molecule has 1 unspecified atom stereocenters. The number of benzene rings is 2. The summed E-state index contributed by atoms with van der Waals surface area (Å²) in [6.45, 7) is 5.37. The van der Waals surface area contributed by atoms with E-state index in [-0.39, 0.29) is 25.4 Å². The van der Waals surface area contributed by atoms with Crippen LogP contribution in [-0.4, -0.2) is 41.8 Å². The summed E-state index contributed by atoms with van der Waals surface area (Å²) in [6, 6.07) is 14.0. The number of carboxylic acid groups (broad SMARTS) is 1. The van der Waals surface area contributed by atoms with Crippen molar-refractivity contribution in [1.29, 1.82) is 0 Å². The SMILES string of the molecule is C=CCC(NC(=O)OCC1c2ccccc2-c2ccccc21)C(=O)N[C@@H](CC)C(=O)O. The van der Waals surface area contributed by atoms with Crippen molar-refractivity contribution in [2.24, 2.45) is 0 Å². The van der Waals surface area contributed by atoms with E-state index in [1.165, 1.54) is 6.08 Å². The number of alkyl carbamates (subject to hydrolysis) is 1. The second-order valence-corrected chi connectivity index (χ2v) is 7.35. The zero-order valence-corrected chi connectivity index (χ0v) is 17.3. The quantitative estimate of drug-likeness (QED) is 0.537. The Morgan fingerprint density at radius 1 is 1.03 bits per heavy atom. The summed E-state index contributed by atoms with van der Waals surface area (Å²) in [4.78, 5) is 36.0. The second-order valence-electron chi connectivity index (χ2n) is 7.35. The molecule has 162 valence electrons. The van der Waals surface area contributed by atoms with E-state index in [9.17, 15) is 14.4 Å². The van der Waals surface area contributed by atoms with Crippen LogP contribution in [0.4, 0.5) is 4.79 Å². The summed E-state index contributed by atoms with van der Waals surface area (Å²) in [6.07, 6.45) is 1.11. The van der Waals surface area contributed by atoms with E-state index >= 15 is 0 Å². The van der Waals surface area contributed by atoms with Crippen molar-refractivity contribution in [2.45, 2.75) is 37.8 Å². The molecular formula is C24H26N2O5. The smallest absolute Gasteiger partial charge is 0.407 e. The van der Waals surface area contributed by atoms with E-state index in [4.69, 9.17) is 9.84 Å². The maximum atomic E-state index is 12.4. The van der Waals surface area contributed by atoms with Crippen LogP contribution in [0.2, 0.25) is 0 Å². The number of aliphatic carboxylic acids is 1. The number of hydrogen-bond acceptors (Lipinski definition) is 4. The fraction of sp³-hybridized carbons (Fsp3) is 0.292. The fourth-order valence-electron chi connectivity index (χ4n) is 3.79. The van der Waals surface area contributed by atoms with Gasteiger partial charge in [-0.25, -0.2) is 9.59 Å². The zero-order valence-electron chi connectivity index (χ0n) is 17.3. The van der Waals surface area contributed by atoms with Gasteiger partial charge >= 0.3 is 12.1 Å². The van der Waals surface area contributed by atoms with E-state index in [1.807, 2.05) is 48.5 Å². The molecule has 2 atom stereocenters. The van der Waals surface area contributed by atoms with Crippen LogP contribution in [0.25, 0.3) is 11.1 Å². The lowest BCUT2D eigenvalue weighted by molar-refractivity contribution is -0.142. The van der Waals surface area contributed by atoms with Gasteiger partial charge in [-0.2, -0.15) is 0 Å². The van der Waals surface area contributed by atoms with Crippen molar-refractivity contribution >= 4 is 18.0 Å². The number of carbonyl (C=O) groups is 3. The minimum Gasteiger partial charge on any atom is -0.480 e. The molecule has 0 saturated carbocycles. The van der Waals surface area contributed by atoms with Crippen LogP contribution >= 0.6 is 0 Å². The minimum absolute atomic E-state index is 0.0960. The van der Waals surface area contributed by atoms with Gasteiger partial charge < -0.3 is 20.5 Å². The van der Waals surface area contributed by atoms with Crippen molar-refractivity contribution in [3.05, 3.63) is 72.3 Å². The Morgan fingerprint density at radius 3 is 2.13 bits per heavy atom. The first-order valence-corrected chi connectivity index (χ1v) is 10.2. The number of rotatable bonds is 9. The molecule has 1 aliphatic carbocycles. The monoisotopic (exact) mass is 422 g/mol. The average Bonchev–Trinajstić information content (AvgIpc) is 3.09. The lowest BCUT2D eigenvalue weighted by Gasteiger charge is -2.20. The third kappa shape index (κ3) is 4.94. The van der Waals surface area contributed by atoms with E-state index < -0.39 is 30.1 Å². The van der Waals surface area contributed by atoms with E-state index in [0.29, 0.717) is 0 Å². The molecule has 0 radical (unpaired) electrons. The molecule has 2 aromatic carbocycles. The van der Waals surface area contributed by atoms with Gasteiger partial charge in [0.1, 0.15) is 18.7 Å². The van der Waals surface area contributed by atoms with Crippen LogP contribution in [0.3, 0.4) is 0 Å². The Balaban J connectivity index is 1.65. The first-order valence-electron chi connectivity index (χ1n) is 10.2. The molecule has 2 aromatic rings. The van der Waals surface area contributed by atoms with Gasteiger partial charge in [-0.05, 0) is 35.1 Å². The van der Waals surface area contributed by atoms with Crippen molar-refractivity contribution in [3.63, 3.8) is 0 Å². The Kier molecular flexibility index (Phi) is 7.07. The van der Waals surface area contributed by atoms with Crippen LogP contribution in [0, 0.1) is 0 Å². The molecule has 0 saturated heterocycles. The summed E-state index contributed by atoms with van der Waals surface area (Å²) in [5.74, 6) is -1.82. The third-order valence-corrected chi connectivity index (χ3v) is 5.38. The highest BCUT2D eigenvalue weighted by molar-refractivity contribution is 5.89. The number of nitrogens with one attached hydrogen (secondary N) is 2. The van der Waals surface area contributed by atoms with Gasteiger partial charge in [-0.3, -0.25) is 4.79 Å². The normalized spacial score (nSPS) is 14.0. The van der Waals surface area contributed by atoms with Crippen LogP contribution in [0.1, 0.15) is 36.8 Å². The molecule has 2 amide bonds. The summed E-state index contributed by atoms with van der Waals surface area (Å²) < 4.78 is 5.46. The molecule has 0 aliphatic heterocycles. The van der Waals surface area contributed by atoms with Gasteiger partial charge in [-0.15, -0.1) is 6.58 Å². The molecule has 7 nitrogen and oxygen atoms in total. The first-order chi connectivity index (χ1) is 15.0. The fourth-order valence-corrected chi connectivity index (χ4v) is 3.79. The minimum atomic E-state index is -1.13. The predicted octanol–water partition coefficient (Wildman–Crippen LogP) is 3.45. The van der Waals surface area contributed by atoms with E-state index in [1.54, 1.807) is 6.92 Å². The standard InChI is InChI=1S/C24H26N2O5/c1-3-9-21(22(27)25-20(4-2)23(28)29)26-24(30)31-14-19-17-12-7-5-10-15(17)16-11-6-8-13-18(16)19/h3,5-8,10-13,19-21H,1,4,9,14H2,2H3,(H,25,27)(H,26,30)(H,28,29)/t20-,21?/m0/s1. The van der Waals surface area contributed by atoms with Gasteiger partial charge in [0.05, 0.1) is 0 Å². The van der Waals surface area contributed by atoms with Gasteiger partial charge in [0.2, 0.25) is 5.91 Å². The van der Waals surface area contributed by atoms with Gasteiger partial charge in [0, 0.05) is 5.92 Å². The third-order valence-electron chi connectivity index (χ3n) is 5.38. The number of ether oxygens (including phenoxy) is 1. The summed E-state index contributed by atoms with van der Waals surface area (Å²) in [5, 5.41) is 14.1. The molecule has 0 heterocycles. The Labute approximate surface area is 181 Å². The molecule has 3 rings (SSSR count). The van der Waals surface area contributed by atoms with Crippen LogP contribution in [0.15, 0.2) is 61.2 Å². The van der Waals surface area contributed by atoms with Crippen molar-refractivity contribution < 1.29 is 24.2 Å². The van der Waals surface area contributed by atoms with E-state index in [2.05, 4.69) is 17.2 Å². The summed E-state index contributed by atoms with van der Waals surface area (Å²) >= 11 is 0. The molecular weight excluding hydrogens is 396 g/mol. The van der Waals surface area contributed by atoms with Gasteiger partial charge in [0.25, 0.3) is 0 Å². The Morgan fingerprint density at radius 2 is 1.61 bits per heavy atom. The van der Waals surface area contributed by atoms with Crippen molar-refractivity contribution in [3.8, 4) is 11.1 Å². The molecule has 1 aliphatic rings. The molecule has 7 heteroatoms. The topological polar surface area (TPSA) is 105 Å². The molecule has 3 N–H and O–H groups in total. The Hall–Kier alpha value is -3.61. The largest absolute Gasteiger partial charge is 0.480 e. The van der Waals surface area contributed by atoms with Gasteiger partial charge in [-0.1, -0.05) is 61.5 Å². The van der Waals surface area contributed by atoms with Crippen molar-refractivity contribution in [1.82, 2.24) is 10.6 Å². The van der Waals surface area contributed by atoms with Crippen LogP contribution < -0.4 is 10.6 Å². The highest BCUT2D eigenvalue weighted by atomic mass is 16.5. The lowest BCUT2D eigenvalue weighted by Crippen LogP contribution is -2.51. The molecule has 0 fully saturated rings. The zero-order chi connectivity index (χ0) is 22.4. The molecule has 0 bridgehead atoms. The lowest BCUT2D eigenvalue weighted by atomic mass is 9.98. The summed E-state index contributed by atoms with van der Waals surface area (Å²) in [5.41, 5.74) is 4.42. The maximum Gasteiger partial charge on any atom is 0.407 e. The number of fused-ring (bicyclic) bond motifs is 3. The highest BCUT2D eigenvalue weighted by Crippen LogP contribution is 2.44. The maximum absolute atomic E-state index is 12.4. The number of carboxylic acids is 1. The highest BCUT2D eigenvalue weighted by Gasteiger charge is 2.30. The second kappa shape index (κ2) is 9.93. The van der Waals surface area contributed by atoms with Crippen molar-refractivity contribution in [2.75, 3.05) is 6.61 Å². The number of carbonyl (C=O) groups excluding carboxylic acids is 2. The molecule has 31 heavy (non-hydrogen) atoms. The average molecular weight is 422 g/mol. The first kappa shape index (κ1) is 22.1.